The van der Waals surface area contributed by atoms with E-state index in [9.17, 15) is 4.79 Å². The number of ether oxygens (including phenoxy) is 1. The Morgan fingerprint density at radius 3 is 2.80 bits per heavy atom. The molecule has 0 spiro atoms. The minimum Gasteiger partial charge on any atom is -0.378 e. The van der Waals surface area contributed by atoms with Crippen molar-refractivity contribution in [2.24, 2.45) is 5.84 Å². The normalized spacial score (nSPS) is 18.4. The molecule has 10 heavy (non-hydrogen) atoms. The third-order valence-corrected chi connectivity index (χ3v) is 1.59. The molecule has 0 radical (unpaired) electrons. The molecule has 5 heteroatoms. The van der Waals surface area contributed by atoms with Crippen molar-refractivity contribution in [1.29, 1.82) is 0 Å². The van der Waals surface area contributed by atoms with Gasteiger partial charge in [0.15, 0.2) is 0 Å². The first kappa shape index (κ1) is 7.30. The lowest BCUT2D eigenvalue weighted by Gasteiger charge is -2.37. The van der Waals surface area contributed by atoms with E-state index < -0.39 is 0 Å². The Morgan fingerprint density at radius 1 is 1.80 bits per heavy atom. The van der Waals surface area contributed by atoms with Gasteiger partial charge in [-0.25, -0.2) is 10.6 Å². The topological polar surface area (TPSA) is 67.6 Å². The average molecular weight is 145 g/mol. The number of amides is 2. The SMILES string of the molecule is COC1CN(C(=O)NN)C1. The maximum atomic E-state index is 10.7. The minimum absolute atomic E-state index is 0.192. The first-order chi connectivity index (χ1) is 4.77. The summed E-state index contributed by atoms with van der Waals surface area (Å²) >= 11 is 0. The number of methoxy groups -OCH3 is 1. The van der Waals surface area contributed by atoms with Crippen molar-refractivity contribution >= 4 is 6.03 Å². The molecule has 1 fully saturated rings. The Kier molecular flexibility index (Phi) is 2.08. The van der Waals surface area contributed by atoms with E-state index in [2.05, 4.69) is 0 Å². The first-order valence-corrected chi connectivity index (χ1v) is 3.06. The number of nitrogens with two attached hydrogens (primary N) is 1. The second-order valence-electron chi connectivity index (χ2n) is 2.21. The van der Waals surface area contributed by atoms with Gasteiger partial charge < -0.3 is 9.64 Å². The standard InChI is InChI=1S/C5H11N3O2/c1-10-4-2-8(3-4)5(9)7-6/h4H,2-3,6H2,1H3,(H,7,9). The van der Waals surface area contributed by atoms with Crippen molar-refractivity contribution in [1.82, 2.24) is 10.3 Å². The number of carbonyl (C=O) groups is 1. The van der Waals surface area contributed by atoms with Gasteiger partial charge in [0.25, 0.3) is 0 Å². The number of nitrogens with zero attached hydrogens (tertiary/aromatic N) is 1. The number of likely N-dealkylation sites (tertiary alicyclic amines) is 1. The van der Waals surface area contributed by atoms with Gasteiger partial charge in [-0.05, 0) is 0 Å². The molecule has 0 aromatic heterocycles. The molecule has 0 aliphatic carbocycles. The lowest BCUT2D eigenvalue weighted by molar-refractivity contribution is -0.00761. The molecular weight excluding hydrogens is 134 g/mol. The summed E-state index contributed by atoms with van der Waals surface area (Å²) in [6.07, 6.45) is 0.192. The Morgan fingerprint density at radius 2 is 2.40 bits per heavy atom. The molecule has 58 valence electrons. The van der Waals surface area contributed by atoms with E-state index >= 15 is 0 Å². The molecule has 0 bridgehead atoms. The van der Waals surface area contributed by atoms with Gasteiger partial charge in [-0.1, -0.05) is 0 Å². The summed E-state index contributed by atoms with van der Waals surface area (Å²) in [4.78, 5) is 12.3. The molecule has 1 aliphatic rings. The molecule has 0 unspecified atom stereocenters. The highest BCUT2D eigenvalue weighted by Gasteiger charge is 2.29. The lowest BCUT2D eigenvalue weighted by Crippen LogP contribution is -2.58. The van der Waals surface area contributed by atoms with Crippen LogP contribution in [0.3, 0.4) is 0 Å². The fourth-order valence-corrected chi connectivity index (χ4v) is 0.844. The molecule has 1 heterocycles. The van der Waals surface area contributed by atoms with Crippen LogP contribution in [0, 0.1) is 0 Å². The van der Waals surface area contributed by atoms with E-state index in [4.69, 9.17) is 10.6 Å². The summed E-state index contributed by atoms with van der Waals surface area (Å²) in [7, 11) is 1.63. The summed E-state index contributed by atoms with van der Waals surface area (Å²) in [5.74, 6) is 4.89. The summed E-state index contributed by atoms with van der Waals surface area (Å²) in [6, 6.07) is -0.242. The number of hydrogen-bond acceptors (Lipinski definition) is 3. The minimum atomic E-state index is -0.242. The van der Waals surface area contributed by atoms with Gasteiger partial charge in [-0.15, -0.1) is 0 Å². The molecule has 0 atom stereocenters. The molecule has 1 rings (SSSR count). The predicted octanol–water partition coefficient (Wildman–Crippen LogP) is -1.10. The van der Waals surface area contributed by atoms with Crippen molar-refractivity contribution in [3.63, 3.8) is 0 Å². The average Bonchev–Trinajstić information content (AvgIpc) is 1.85. The van der Waals surface area contributed by atoms with Gasteiger partial charge in [0.2, 0.25) is 0 Å². The van der Waals surface area contributed by atoms with E-state index in [0.717, 1.165) is 0 Å². The molecule has 0 saturated carbocycles. The van der Waals surface area contributed by atoms with Crippen molar-refractivity contribution in [3.8, 4) is 0 Å². The van der Waals surface area contributed by atoms with E-state index in [1.165, 1.54) is 0 Å². The van der Waals surface area contributed by atoms with Crippen LogP contribution in [-0.2, 0) is 4.74 Å². The Balaban J connectivity index is 2.19. The van der Waals surface area contributed by atoms with Crippen LogP contribution in [0.15, 0.2) is 0 Å². The Hall–Kier alpha value is -0.810. The first-order valence-electron chi connectivity index (χ1n) is 3.06. The van der Waals surface area contributed by atoms with Crippen LogP contribution in [0.25, 0.3) is 0 Å². The third-order valence-electron chi connectivity index (χ3n) is 1.59. The van der Waals surface area contributed by atoms with Crippen LogP contribution in [-0.4, -0.2) is 37.2 Å². The van der Waals surface area contributed by atoms with Gasteiger partial charge in [-0.3, -0.25) is 5.43 Å². The molecule has 0 aromatic rings. The van der Waals surface area contributed by atoms with Crippen LogP contribution in [0.2, 0.25) is 0 Å². The maximum Gasteiger partial charge on any atom is 0.331 e. The zero-order valence-corrected chi connectivity index (χ0v) is 5.83. The summed E-state index contributed by atoms with van der Waals surface area (Å²) in [5, 5.41) is 0. The molecule has 1 aliphatic heterocycles. The zero-order chi connectivity index (χ0) is 7.56. The number of nitrogens with one attached hydrogen (secondary N) is 1. The number of hydrazine groups is 1. The van der Waals surface area contributed by atoms with Gasteiger partial charge in [0, 0.05) is 7.11 Å². The summed E-state index contributed by atoms with van der Waals surface area (Å²) < 4.78 is 4.95. The highest BCUT2D eigenvalue weighted by atomic mass is 16.5. The predicted molar refractivity (Wildman–Crippen MR) is 35.1 cm³/mol. The molecule has 0 aromatic carbocycles. The second kappa shape index (κ2) is 2.85. The molecule has 1 saturated heterocycles. The van der Waals surface area contributed by atoms with E-state index in [1.54, 1.807) is 12.0 Å². The lowest BCUT2D eigenvalue weighted by atomic mass is 10.2. The monoisotopic (exact) mass is 145 g/mol. The van der Waals surface area contributed by atoms with Crippen LogP contribution < -0.4 is 11.3 Å². The van der Waals surface area contributed by atoms with Gasteiger partial charge in [0.1, 0.15) is 0 Å². The van der Waals surface area contributed by atoms with Crippen molar-refractivity contribution < 1.29 is 9.53 Å². The maximum absolute atomic E-state index is 10.7. The second-order valence-corrected chi connectivity index (χ2v) is 2.21. The molecule has 5 nitrogen and oxygen atoms in total. The third kappa shape index (κ3) is 1.19. The van der Waals surface area contributed by atoms with Crippen LogP contribution >= 0.6 is 0 Å². The Labute approximate surface area is 59.1 Å². The van der Waals surface area contributed by atoms with Crippen LogP contribution in [0.5, 0.6) is 0 Å². The van der Waals surface area contributed by atoms with Crippen molar-refractivity contribution in [2.75, 3.05) is 20.2 Å². The summed E-state index contributed by atoms with van der Waals surface area (Å²) in [5.41, 5.74) is 2.04. The largest absolute Gasteiger partial charge is 0.378 e. The van der Waals surface area contributed by atoms with Crippen molar-refractivity contribution in [3.05, 3.63) is 0 Å². The molecule has 3 N–H and O–H groups in total. The number of carbonyl (C=O) groups excluding carboxylic acids is 1. The Bertz CT molecular complexity index is 133. The van der Waals surface area contributed by atoms with E-state index in [1.807, 2.05) is 5.43 Å². The molecule has 2 amide bonds. The number of urea groups is 1. The number of hydrogen-bond donors (Lipinski definition) is 2. The quantitative estimate of drug-likeness (QED) is 0.279. The van der Waals surface area contributed by atoms with Gasteiger partial charge in [-0.2, -0.15) is 0 Å². The van der Waals surface area contributed by atoms with E-state index in [0.29, 0.717) is 13.1 Å². The smallest absolute Gasteiger partial charge is 0.331 e. The van der Waals surface area contributed by atoms with Crippen LogP contribution in [0.1, 0.15) is 0 Å². The fraction of sp³-hybridized carbons (Fsp3) is 0.800. The van der Waals surface area contributed by atoms with Crippen molar-refractivity contribution in [2.45, 2.75) is 6.10 Å². The highest BCUT2D eigenvalue weighted by Crippen LogP contribution is 2.09. The van der Waals surface area contributed by atoms with Gasteiger partial charge in [0.05, 0.1) is 19.2 Å². The fourth-order valence-electron chi connectivity index (χ4n) is 0.844. The van der Waals surface area contributed by atoms with E-state index in [-0.39, 0.29) is 12.1 Å². The highest BCUT2D eigenvalue weighted by molar-refractivity contribution is 5.74. The zero-order valence-electron chi connectivity index (χ0n) is 5.83. The summed E-state index contributed by atoms with van der Waals surface area (Å²) in [6.45, 7) is 1.28. The number of rotatable bonds is 1. The molecular formula is C5H11N3O2. The van der Waals surface area contributed by atoms with Gasteiger partial charge >= 0.3 is 6.03 Å². The van der Waals surface area contributed by atoms with Crippen LogP contribution in [0.4, 0.5) is 4.79 Å².